The van der Waals surface area contributed by atoms with E-state index in [0.717, 1.165) is 13.1 Å². The molecule has 2 amide bonds. The van der Waals surface area contributed by atoms with Gasteiger partial charge in [0.25, 0.3) is 0 Å². The van der Waals surface area contributed by atoms with Crippen LogP contribution in [0.25, 0.3) is 0 Å². The SMILES string of the molecule is CCCOCCC(CO)OP(=O)(O)OCCOP(=O)(O)OCCCCC(=O)NCC(CNC(=O)CCCCOP(=O)(O)OCCOP(=O)(O)OC(CO)CCOCNC)OP(=O)(O)OCCOP(C)(=O)O. The number of hydrogen-bond acceptors (Lipinski definition) is 24. The van der Waals surface area contributed by atoms with Gasteiger partial charge in [0.1, 0.15) is 6.10 Å². The molecule has 0 heterocycles. The predicted molar refractivity (Wildman–Crippen MR) is 245 cm³/mol. The molecule has 71 heavy (non-hydrogen) atoms. The number of hydrogen-bond donors (Lipinski definition) is 11. The van der Waals surface area contributed by atoms with Crippen LogP contribution in [0.3, 0.4) is 0 Å². The standard InChI is InChI=1S/C33H73N3O29P6/c1-4-13-53-16-11-29(26-37)63-69(47,48)61-22-20-58-67(43,44)56-14-7-5-9-32(39)35-24-31(65-71(51,52)60-19-18-55-66(3,41)42)25-36-33(40)10-6-8-15-57-68(45,46)59-21-23-62-70(49,50)64-30(27-38)12-17-54-28-34-2/h29-31,34,37-38H,4-28H2,1-3H3,(H,35,39)(H,36,40)(H,41,42)(H,43,44)(H,45,46)(H,47,48)(H,49,50)(H,51,52). The van der Waals surface area contributed by atoms with Crippen LogP contribution < -0.4 is 16.0 Å². The van der Waals surface area contributed by atoms with E-state index < -0.39 is 143 Å². The molecule has 38 heteroatoms. The van der Waals surface area contributed by atoms with E-state index in [2.05, 4.69) is 25.0 Å². The van der Waals surface area contributed by atoms with Gasteiger partial charge in [-0.05, 0) is 52.0 Å². The second-order valence-corrected chi connectivity index (χ2v) is 23.5. The average Bonchev–Trinajstić information content (AvgIpc) is 3.27. The predicted octanol–water partition coefficient (Wildman–Crippen LogP) is 1.55. The van der Waals surface area contributed by atoms with Crippen LogP contribution in [-0.4, -0.2) is 189 Å². The Balaban J connectivity index is 4.84. The molecule has 424 valence electrons. The van der Waals surface area contributed by atoms with Gasteiger partial charge in [0.15, 0.2) is 0 Å². The smallest absolute Gasteiger partial charge is 0.394 e. The summed E-state index contributed by atoms with van der Waals surface area (Å²) in [4.78, 5) is 84.0. The van der Waals surface area contributed by atoms with Gasteiger partial charge in [-0.1, -0.05) is 6.92 Å². The number of amides is 2. The fourth-order valence-electron chi connectivity index (χ4n) is 4.82. The highest BCUT2D eigenvalue weighted by atomic mass is 31.2. The van der Waals surface area contributed by atoms with Crippen molar-refractivity contribution >= 4 is 58.5 Å². The normalized spacial score (nSPS) is 18.4. The van der Waals surface area contributed by atoms with Crippen molar-refractivity contribution in [3.8, 4) is 0 Å². The molecule has 0 spiro atoms. The largest absolute Gasteiger partial charge is 0.472 e. The van der Waals surface area contributed by atoms with Gasteiger partial charge in [-0.2, -0.15) is 0 Å². The van der Waals surface area contributed by atoms with Crippen LogP contribution in [0.2, 0.25) is 0 Å². The quantitative estimate of drug-likeness (QED) is 0.0234. The molecule has 0 aromatic heterocycles. The van der Waals surface area contributed by atoms with Gasteiger partial charge >= 0.3 is 46.7 Å². The van der Waals surface area contributed by atoms with Crippen LogP contribution in [0.1, 0.15) is 64.7 Å². The first kappa shape index (κ1) is 70.4. The molecule has 0 aliphatic rings. The molecular formula is C33H73N3O29P6. The van der Waals surface area contributed by atoms with Crippen LogP contribution in [-0.2, 0) is 96.2 Å². The molecule has 0 saturated heterocycles. The lowest BCUT2D eigenvalue weighted by Gasteiger charge is -2.22. The number of phosphoric acid groups is 5. The summed E-state index contributed by atoms with van der Waals surface area (Å²) in [5.41, 5.74) is 0. The van der Waals surface area contributed by atoms with Crippen LogP contribution >= 0.6 is 46.7 Å². The van der Waals surface area contributed by atoms with Crippen molar-refractivity contribution in [2.45, 2.75) is 83.0 Å². The molecule has 0 bridgehead atoms. The van der Waals surface area contributed by atoms with Crippen molar-refractivity contribution < 1.29 is 136 Å². The second-order valence-electron chi connectivity index (χ2n) is 14.5. The minimum atomic E-state index is -4.93. The van der Waals surface area contributed by atoms with Gasteiger partial charge in [-0.25, -0.2) is 22.8 Å². The first-order chi connectivity index (χ1) is 33.2. The molecule has 0 fully saturated rings. The van der Waals surface area contributed by atoms with Crippen molar-refractivity contribution in [2.75, 3.05) is 119 Å². The van der Waals surface area contributed by atoms with Crippen LogP contribution in [0.15, 0.2) is 0 Å². The van der Waals surface area contributed by atoms with Crippen molar-refractivity contribution in [1.82, 2.24) is 16.0 Å². The Morgan fingerprint density at radius 1 is 0.465 bits per heavy atom. The van der Waals surface area contributed by atoms with Gasteiger partial charge in [-0.3, -0.25) is 64.7 Å². The minimum Gasteiger partial charge on any atom is -0.394 e. The maximum absolute atomic E-state index is 12.6. The van der Waals surface area contributed by atoms with E-state index >= 15 is 0 Å². The summed E-state index contributed by atoms with van der Waals surface area (Å²) < 4.78 is 135. The van der Waals surface area contributed by atoms with Gasteiger partial charge in [0, 0.05) is 45.8 Å². The Labute approximate surface area is 411 Å². The summed E-state index contributed by atoms with van der Waals surface area (Å²) in [5.74, 6) is -1.26. The van der Waals surface area contributed by atoms with Crippen LogP contribution in [0, 0.1) is 0 Å². The Morgan fingerprint density at radius 3 is 1.18 bits per heavy atom. The molecule has 0 aliphatic carbocycles. The highest BCUT2D eigenvalue weighted by Crippen LogP contribution is 2.48. The molecule has 0 rings (SSSR count). The Morgan fingerprint density at radius 2 is 0.817 bits per heavy atom. The van der Waals surface area contributed by atoms with Gasteiger partial charge in [0.05, 0.1) is 91.6 Å². The summed E-state index contributed by atoms with van der Waals surface area (Å²) in [7, 11) is -25.9. The number of aliphatic hydroxyl groups excluding tert-OH is 2. The maximum atomic E-state index is 12.6. The second kappa shape index (κ2) is 38.9. The summed E-state index contributed by atoms with van der Waals surface area (Å²) in [6.07, 6.45) is -2.77. The lowest BCUT2D eigenvalue weighted by Crippen LogP contribution is -2.41. The zero-order chi connectivity index (χ0) is 53.9. The molecule has 9 unspecified atom stereocenters. The van der Waals surface area contributed by atoms with Gasteiger partial charge in [0.2, 0.25) is 11.8 Å². The van der Waals surface area contributed by atoms with E-state index in [9.17, 15) is 76.6 Å². The number of phosphoric ester groups is 5. The number of ether oxygens (including phenoxy) is 2. The Bertz CT molecular complexity index is 1650. The number of nitrogens with one attached hydrogen (secondary N) is 3. The number of unbranched alkanes of at least 4 members (excludes halogenated alkanes) is 2. The Hall–Kier alpha value is -0.560. The third kappa shape index (κ3) is 43.3. The van der Waals surface area contributed by atoms with Crippen molar-refractivity contribution in [2.24, 2.45) is 0 Å². The number of carbonyl (C=O) groups is 2. The van der Waals surface area contributed by atoms with Crippen LogP contribution in [0.4, 0.5) is 0 Å². The third-order valence-corrected chi connectivity index (χ3v) is 13.9. The maximum Gasteiger partial charge on any atom is 0.472 e. The molecule has 0 saturated carbocycles. The van der Waals surface area contributed by atoms with E-state index in [1.54, 1.807) is 7.05 Å². The number of aliphatic hydroxyl groups is 2. The molecule has 0 aromatic carbocycles. The first-order valence-electron chi connectivity index (χ1n) is 21.9. The van der Waals surface area contributed by atoms with Crippen molar-refractivity contribution in [1.29, 1.82) is 0 Å². The zero-order valence-corrected chi connectivity index (χ0v) is 45.1. The fraction of sp³-hybridized carbons (Fsp3) is 0.939. The van der Waals surface area contributed by atoms with Crippen LogP contribution in [0.5, 0.6) is 0 Å². The average molecular weight is 1160 g/mol. The molecule has 0 aliphatic heterocycles. The van der Waals surface area contributed by atoms with Gasteiger partial charge in [-0.15, -0.1) is 0 Å². The number of carbonyl (C=O) groups excluding carboxylic acids is 2. The Kier molecular flexibility index (Phi) is 38.6. The molecule has 9 atom stereocenters. The number of rotatable bonds is 49. The van der Waals surface area contributed by atoms with E-state index in [1.165, 1.54) is 0 Å². The summed E-state index contributed by atoms with van der Waals surface area (Å²) in [6, 6.07) is 0. The van der Waals surface area contributed by atoms with Crippen molar-refractivity contribution in [3.63, 3.8) is 0 Å². The van der Waals surface area contributed by atoms with Crippen molar-refractivity contribution in [3.05, 3.63) is 0 Å². The molecule has 11 N–H and O–H groups in total. The van der Waals surface area contributed by atoms with E-state index in [0.29, 0.717) is 6.61 Å². The molecule has 32 nitrogen and oxygen atoms in total. The lowest BCUT2D eigenvalue weighted by molar-refractivity contribution is -0.121. The summed E-state index contributed by atoms with van der Waals surface area (Å²) in [5, 5.41) is 26.3. The summed E-state index contributed by atoms with van der Waals surface area (Å²) in [6.45, 7) is -3.14. The van der Waals surface area contributed by atoms with E-state index in [4.69, 9.17) is 50.2 Å². The monoisotopic (exact) mass is 1160 g/mol. The third-order valence-electron chi connectivity index (χ3n) is 8.03. The summed E-state index contributed by atoms with van der Waals surface area (Å²) >= 11 is 0. The molecule has 0 radical (unpaired) electrons. The lowest BCUT2D eigenvalue weighted by atomic mass is 10.2. The van der Waals surface area contributed by atoms with E-state index in [1.807, 2.05) is 6.92 Å². The fourth-order valence-corrected chi connectivity index (χ4v) is 9.43. The van der Waals surface area contributed by atoms with E-state index in [-0.39, 0.29) is 84.5 Å². The molecule has 0 aromatic rings. The first-order valence-corrected chi connectivity index (χ1v) is 31.4. The van der Waals surface area contributed by atoms with Gasteiger partial charge < -0.3 is 64.2 Å². The molecular weight excluding hydrogens is 1090 g/mol. The highest BCUT2D eigenvalue weighted by Gasteiger charge is 2.31. The highest BCUT2D eigenvalue weighted by molar-refractivity contribution is 7.52. The minimum absolute atomic E-state index is 0.0469. The zero-order valence-electron chi connectivity index (χ0n) is 39.7. The topological polar surface area (TPSA) is 454 Å².